The summed E-state index contributed by atoms with van der Waals surface area (Å²) in [7, 11) is -3.82. The molecule has 0 atom stereocenters. The number of hydrogen-bond acceptors (Lipinski definition) is 4. The zero-order valence-corrected chi connectivity index (χ0v) is 20.7. The van der Waals surface area contributed by atoms with Crippen molar-refractivity contribution in [2.45, 2.75) is 45.1 Å². The lowest BCUT2D eigenvalue weighted by Crippen LogP contribution is -2.40. The lowest BCUT2D eigenvalue weighted by molar-refractivity contribution is 0.0920. The quantitative estimate of drug-likeness (QED) is 0.468. The van der Waals surface area contributed by atoms with Gasteiger partial charge in [-0.3, -0.25) is 14.3 Å². The summed E-state index contributed by atoms with van der Waals surface area (Å²) in [5.74, 6) is -0.773. The van der Waals surface area contributed by atoms with Crippen LogP contribution in [0.1, 0.15) is 52.6 Å². The van der Waals surface area contributed by atoms with E-state index in [2.05, 4.69) is 15.4 Å². The molecule has 0 unspecified atom stereocenters. The van der Waals surface area contributed by atoms with Crippen molar-refractivity contribution in [3.63, 3.8) is 0 Å². The van der Waals surface area contributed by atoms with Crippen LogP contribution in [0, 0.1) is 13.8 Å². The first-order chi connectivity index (χ1) is 15.9. The predicted octanol–water partition coefficient (Wildman–Crippen LogP) is 4.88. The number of carbonyl (C=O) groups is 2. The van der Waals surface area contributed by atoms with Gasteiger partial charge in [0.2, 0.25) is 0 Å². The number of sulfonamides is 1. The molecular weight excluding hydrogens is 450 g/mol. The van der Waals surface area contributed by atoms with Crippen molar-refractivity contribution in [2.24, 2.45) is 0 Å². The number of aryl methyl sites for hydroxylation is 2. The minimum atomic E-state index is -3.82. The molecule has 0 heterocycles. The van der Waals surface area contributed by atoms with Crippen LogP contribution >= 0.6 is 0 Å². The normalized spacial score (nSPS) is 11.6. The van der Waals surface area contributed by atoms with Crippen LogP contribution in [0.3, 0.4) is 0 Å². The molecule has 0 bridgehead atoms. The Bertz CT molecular complexity index is 1320. The Morgan fingerprint density at radius 2 is 1.44 bits per heavy atom. The topological polar surface area (TPSA) is 104 Å². The second kappa shape index (κ2) is 9.69. The molecule has 7 nitrogen and oxygen atoms in total. The van der Waals surface area contributed by atoms with Gasteiger partial charge in [-0.05, 0) is 76.6 Å². The van der Waals surface area contributed by atoms with Gasteiger partial charge in [-0.25, -0.2) is 8.42 Å². The minimum Gasteiger partial charge on any atom is -0.347 e. The number of anilines is 2. The average molecular weight is 480 g/mol. The molecule has 3 rings (SSSR count). The molecular formula is C26H29N3O4S. The fourth-order valence-electron chi connectivity index (χ4n) is 3.19. The van der Waals surface area contributed by atoms with Crippen LogP contribution in [-0.4, -0.2) is 25.8 Å². The summed E-state index contributed by atoms with van der Waals surface area (Å²) >= 11 is 0. The number of amides is 2. The first-order valence-electron chi connectivity index (χ1n) is 10.8. The maximum absolute atomic E-state index is 13.0. The smallest absolute Gasteiger partial charge is 0.261 e. The van der Waals surface area contributed by atoms with Crippen molar-refractivity contribution in [1.82, 2.24) is 5.32 Å². The molecule has 3 aromatic rings. The molecule has 8 heteroatoms. The minimum absolute atomic E-state index is 0.131. The number of carbonyl (C=O) groups excluding carboxylic acids is 2. The summed E-state index contributed by atoms with van der Waals surface area (Å²) in [5.41, 5.74) is 2.41. The Morgan fingerprint density at radius 3 is 2.09 bits per heavy atom. The summed E-state index contributed by atoms with van der Waals surface area (Å²) in [4.78, 5) is 25.8. The number of rotatable bonds is 6. The SMILES string of the molecule is Cc1ccc(S(=O)(=O)Nc2cc(C(=O)Nc3ccccc3C(=O)NC(C)(C)C)ccc2C)cc1. The number of benzene rings is 3. The molecule has 0 spiro atoms. The van der Waals surface area contributed by atoms with Crippen LogP contribution in [0.5, 0.6) is 0 Å². The molecule has 0 saturated carbocycles. The van der Waals surface area contributed by atoms with Crippen molar-refractivity contribution in [3.8, 4) is 0 Å². The van der Waals surface area contributed by atoms with Crippen LogP contribution in [0.4, 0.5) is 11.4 Å². The first kappa shape index (κ1) is 25.0. The second-order valence-corrected chi connectivity index (χ2v) is 10.8. The number of para-hydroxylation sites is 1. The molecule has 0 aliphatic rings. The van der Waals surface area contributed by atoms with Gasteiger partial charge in [0.1, 0.15) is 0 Å². The van der Waals surface area contributed by atoms with Gasteiger partial charge >= 0.3 is 0 Å². The first-order valence-corrected chi connectivity index (χ1v) is 12.3. The van der Waals surface area contributed by atoms with Crippen molar-refractivity contribution < 1.29 is 18.0 Å². The third-order valence-corrected chi connectivity index (χ3v) is 6.37. The molecule has 3 N–H and O–H groups in total. The fraction of sp³-hybridized carbons (Fsp3) is 0.231. The third-order valence-electron chi connectivity index (χ3n) is 4.98. The van der Waals surface area contributed by atoms with Crippen LogP contribution in [0.15, 0.2) is 71.6 Å². The zero-order valence-electron chi connectivity index (χ0n) is 19.9. The van der Waals surface area contributed by atoms with E-state index in [1.165, 1.54) is 18.2 Å². The highest BCUT2D eigenvalue weighted by Gasteiger charge is 2.20. The molecule has 0 radical (unpaired) electrons. The molecule has 0 aliphatic carbocycles. The van der Waals surface area contributed by atoms with E-state index in [1.807, 2.05) is 27.7 Å². The Kier molecular flexibility index (Phi) is 7.12. The van der Waals surface area contributed by atoms with Crippen LogP contribution < -0.4 is 15.4 Å². The van der Waals surface area contributed by atoms with Crippen LogP contribution in [-0.2, 0) is 10.0 Å². The molecule has 0 aliphatic heterocycles. The monoisotopic (exact) mass is 479 g/mol. The molecule has 0 fully saturated rings. The Labute approximate surface area is 200 Å². The van der Waals surface area contributed by atoms with Gasteiger partial charge < -0.3 is 10.6 Å². The van der Waals surface area contributed by atoms with E-state index < -0.39 is 21.5 Å². The van der Waals surface area contributed by atoms with Gasteiger partial charge in [0, 0.05) is 11.1 Å². The molecule has 0 saturated heterocycles. The second-order valence-electron chi connectivity index (χ2n) is 9.15. The van der Waals surface area contributed by atoms with Gasteiger partial charge in [0.05, 0.1) is 21.8 Å². The molecule has 3 aromatic carbocycles. The highest BCUT2D eigenvalue weighted by atomic mass is 32.2. The van der Waals surface area contributed by atoms with Gasteiger partial charge in [-0.2, -0.15) is 0 Å². The van der Waals surface area contributed by atoms with E-state index in [9.17, 15) is 18.0 Å². The van der Waals surface area contributed by atoms with Crippen LogP contribution in [0.2, 0.25) is 0 Å². The lowest BCUT2D eigenvalue weighted by Gasteiger charge is -2.21. The summed E-state index contributed by atoms with van der Waals surface area (Å²) in [5, 5.41) is 5.65. The van der Waals surface area contributed by atoms with Gasteiger partial charge in [-0.1, -0.05) is 35.9 Å². The van der Waals surface area contributed by atoms with E-state index >= 15 is 0 Å². The zero-order chi connectivity index (χ0) is 25.1. The Hall–Kier alpha value is -3.65. The van der Waals surface area contributed by atoms with E-state index in [0.717, 1.165) is 5.56 Å². The highest BCUT2D eigenvalue weighted by Crippen LogP contribution is 2.23. The highest BCUT2D eigenvalue weighted by molar-refractivity contribution is 7.92. The van der Waals surface area contributed by atoms with Gasteiger partial charge in [0.25, 0.3) is 21.8 Å². The van der Waals surface area contributed by atoms with Crippen molar-refractivity contribution in [3.05, 3.63) is 89.0 Å². The summed E-state index contributed by atoms with van der Waals surface area (Å²) < 4.78 is 28.2. The van der Waals surface area contributed by atoms with Crippen molar-refractivity contribution >= 4 is 33.2 Å². The Morgan fingerprint density at radius 1 is 0.794 bits per heavy atom. The number of hydrogen-bond donors (Lipinski definition) is 3. The largest absolute Gasteiger partial charge is 0.347 e. The molecule has 0 aromatic heterocycles. The summed E-state index contributed by atoms with van der Waals surface area (Å²) in [6, 6.07) is 18.0. The Balaban J connectivity index is 1.85. The summed E-state index contributed by atoms with van der Waals surface area (Å²) in [6.07, 6.45) is 0. The molecule has 178 valence electrons. The van der Waals surface area contributed by atoms with Crippen molar-refractivity contribution in [2.75, 3.05) is 10.0 Å². The third kappa shape index (κ3) is 6.23. The molecule has 34 heavy (non-hydrogen) atoms. The van der Waals surface area contributed by atoms with E-state index in [1.54, 1.807) is 55.5 Å². The maximum atomic E-state index is 13.0. The van der Waals surface area contributed by atoms with E-state index in [0.29, 0.717) is 22.5 Å². The average Bonchev–Trinajstić information content (AvgIpc) is 2.74. The van der Waals surface area contributed by atoms with E-state index in [4.69, 9.17) is 0 Å². The van der Waals surface area contributed by atoms with Gasteiger partial charge in [-0.15, -0.1) is 0 Å². The summed E-state index contributed by atoms with van der Waals surface area (Å²) in [6.45, 7) is 9.24. The van der Waals surface area contributed by atoms with Gasteiger partial charge in [0.15, 0.2) is 0 Å². The standard InChI is InChI=1S/C26H29N3O4S/c1-17-10-14-20(15-11-17)34(32,33)29-23-16-19(13-12-18(23)2)24(30)27-22-9-7-6-8-21(22)25(31)28-26(3,4)5/h6-16,29H,1-5H3,(H,27,30)(H,28,31). The number of nitrogens with one attached hydrogen (secondary N) is 3. The van der Waals surface area contributed by atoms with Crippen LogP contribution in [0.25, 0.3) is 0 Å². The maximum Gasteiger partial charge on any atom is 0.261 e. The van der Waals surface area contributed by atoms with Crippen molar-refractivity contribution in [1.29, 1.82) is 0 Å². The van der Waals surface area contributed by atoms with E-state index in [-0.39, 0.29) is 16.4 Å². The predicted molar refractivity (Wildman–Crippen MR) is 135 cm³/mol. The molecule has 2 amide bonds. The fourth-order valence-corrected chi connectivity index (χ4v) is 4.31. The lowest BCUT2D eigenvalue weighted by atomic mass is 10.1.